The summed E-state index contributed by atoms with van der Waals surface area (Å²) in [5.74, 6) is 0.235. The molecule has 0 aliphatic carbocycles. The molecule has 0 aliphatic heterocycles. The Labute approximate surface area is 99.5 Å². The summed E-state index contributed by atoms with van der Waals surface area (Å²) < 4.78 is 0. The van der Waals surface area contributed by atoms with Crippen molar-refractivity contribution in [2.24, 2.45) is 5.73 Å². The second kappa shape index (κ2) is 5.23. The normalized spacial score (nSPS) is 11.8. The molecule has 1 amide bonds. The van der Waals surface area contributed by atoms with Crippen molar-refractivity contribution in [3.63, 3.8) is 0 Å². The number of hydrogen-bond donors (Lipinski definition) is 2. The van der Waals surface area contributed by atoms with Crippen LogP contribution < -0.4 is 11.1 Å². The fraction of sp³-hybridized carbons (Fsp3) is 0.0769. The highest BCUT2D eigenvalue weighted by molar-refractivity contribution is 5.94. The first-order chi connectivity index (χ1) is 8.27. The molecule has 1 aromatic carbocycles. The fourth-order valence-electron chi connectivity index (χ4n) is 1.45. The average Bonchev–Trinajstić information content (AvgIpc) is 2.40. The molecule has 86 valence electrons. The zero-order valence-corrected chi connectivity index (χ0v) is 9.21. The highest BCUT2D eigenvalue weighted by Crippen LogP contribution is 2.11. The van der Waals surface area contributed by atoms with Gasteiger partial charge >= 0.3 is 0 Å². The lowest BCUT2D eigenvalue weighted by molar-refractivity contribution is -0.117. The molecule has 1 atom stereocenters. The van der Waals surface area contributed by atoms with Gasteiger partial charge in [-0.2, -0.15) is 0 Å². The molecular weight excluding hydrogens is 214 g/mol. The van der Waals surface area contributed by atoms with Gasteiger partial charge in [-0.1, -0.05) is 36.4 Å². The molecular formula is C13H13N3O. The molecule has 0 unspecified atom stereocenters. The zero-order valence-electron chi connectivity index (χ0n) is 9.21. The Hall–Kier alpha value is -2.20. The maximum atomic E-state index is 11.8. The van der Waals surface area contributed by atoms with Crippen molar-refractivity contribution in [1.29, 1.82) is 0 Å². The van der Waals surface area contributed by atoms with Gasteiger partial charge in [0.25, 0.3) is 0 Å². The molecule has 3 N–H and O–H groups in total. The maximum absolute atomic E-state index is 11.8. The minimum atomic E-state index is -0.682. The number of benzene rings is 1. The van der Waals surface area contributed by atoms with E-state index in [0.29, 0.717) is 5.82 Å². The topological polar surface area (TPSA) is 68.0 Å². The summed E-state index contributed by atoms with van der Waals surface area (Å²) in [5.41, 5.74) is 6.63. The van der Waals surface area contributed by atoms with Crippen LogP contribution >= 0.6 is 0 Å². The van der Waals surface area contributed by atoms with Gasteiger partial charge in [0.2, 0.25) is 5.91 Å². The Morgan fingerprint density at radius 2 is 1.82 bits per heavy atom. The number of carbonyl (C=O) groups is 1. The summed E-state index contributed by atoms with van der Waals surface area (Å²) in [5, 5.41) is 2.67. The van der Waals surface area contributed by atoms with E-state index in [1.165, 1.54) is 0 Å². The van der Waals surface area contributed by atoms with Crippen LogP contribution in [0.1, 0.15) is 11.6 Å². The average molecular weight is 227 g/mol. The van der Waals surface area contributed by atoms with Gasteiger partial charge in [-0.25, -0.2) is 4.98 Å². The zero-order chi connectivity index (χ0) is 12.1. The molecule has 4 heteroatoms. The molecule has 2 aromatic rings. The molecule has 0 aliphatic rings. The highest BCUT2D eigenvalue weighted by Gasteiger charge is 2.15. The third kappa shape index (κ3) is 2.89. The maximum Gasteiger partial charge on any atom is 0.247 e. The van der Waals surface area contributed by atoms with Crippen molar-refractivity contribution in [3.05, 3.63) is 60.3 Å². The number of nitrogens with one attached hydrogen (secondary N) is 1. The summed E-state index contributed by atoms with van der Waals surface area (Å²) >= 11 is 0. The van der Waals surface area contributed by atoms with Crippen molar-refractivity contribution >= 4 is 11.7 Å². The highest BCUT2D eigenvalue weighted by atomic mass is 16.2. The molecule has 1 heterocycles. The minimum Gasteiger partial charge on any atom is -0.316 e. The van der Waals surface area contributed by atoms with Gasteiger partial charge in [0.05, 0.1) is 0 Å². The Balaban J connectivity index is 2.06. The van der Waals surface area contributed by atoms with Crippen LogP contribution in [0.5, 0.6) is 0 Å². The Bertz CT molecular complexity index is 485. The number of rotatable bonds is 3. The van der Waals surface area contributed by atoms with Gasteiger partial charge in [-0.15, -0.1) is 0 Å². The van der Waals surface area contributed by atoms with E-state index in [4.69, 9.17) is 5.73 Å². The summed E-state index contributed by atoms with van der Waals surface area (Å²) in [4.78, 5) is 15.8. The SMILES string of the molecule is N[C@H](C(=O)Nc1ccccn1)c1ccccc1. The van der Waals surface area contributed by atoms with Crippen molar-refractivity contribution in [2.45, 2.75) is 6.04 Å². The van der Waals surface area contributed by atoms with Crippen LogP contribution in [0.3, 0.4) is 0 Å². The first-order valence-corrected chi connectivity index (χ1v) is 5.30. The first-order valence-electron chi connectivity index (χ1n) is 5.30. The second-order valence-electron chi connectivity index (χ2n) is 3.59. The standard InChI is InChI=1S/C13H13N3O/c14-12(10-6-2-1-3-7-10)13(17)16-11-8-4-5-9-15-11/h1-9,12H,14H2,(H,15,16,17)/t12-/m0/s1. The van der Waals surface area contributed by atoms with E-state index in [1.54, 1.807) is 24.4 Å². The molecule has 0 saturated heterocycles. The number of aromatic nitrogens is 1. The number of pyridine rings is 1. The van der Waals surface area contributed by atoms with Crippen molar-refractivity contribution in [3.8, 4) is 0 Å². The van der Waals surface area contributed by atoms with Gasteiger partial charge in [0.15, 0.2) is 0 Å². The van der Waals surface area contributed by atoms with E-state index in [1.807, 2.05) is 30.3 Å². The summed E-state index contributed by atoms with van der Waals surface area (Å²) in [6, 6.07) is 13.8. The van der Waals surface area contributed by atoms with Gasteiger partial charge < -0.3 is 11.1 Å². The summed E-state index contributed by atoms with van der Waals surface area (Å²) in [7, 11) is 0. The minimum absolute atomic E-state index is 0.269. The van der Waals surface area contributed by atoms with Crippen LogP contribution in [0.15, 0.2) is 54.7 Å². The third-order valence-electron chi connectivity index (χ3n) is 2.36. The van der Waals surface area contributed by atoms with E-state index in [-0.39, 0.29) is 5.91 Å². The van der Waals surface area contributed by atoms with Crippen LogP contribution in [-0.4, -0.2) is 10.9 Å². The second-order valence-corrected chi connectivity index (χ2v) is 3.59. The van der Waals surface area contributed by atoms with Crippen molar-refractivity contribution in [2.75, 3.05) is 5.32 Å². The largest absolute Gasteiger partial charge is 0.316 e. The number of carbonyl (C=O) groups excluding carboxylic acids is 1. The number of nitrogens with zero attached hydrogens (tertiary/aromatic N) is 1. The van der Waals surface area contributed by atoms with E-state index >= 15 is 0 Å². The molecule has 0 bridgehead atoms. The molecule has 2 rings (SSSR count). The van der Waals surface area contributed by atoms with Crippen LogP contribution in [0.2, 0.25) is 0 Å². The summed E-state index contributed by atoms with van der Waals surface area (Å²) in [6.45, 7) is 0. The lowest BCUT2D eigenvalue weighted by atomic mass is 10.1. The smallest absolute Gasteiger partial charge is 0.247 e. The predicted molar refractivity (Wildman–Crippen MR) is 66.2 cm³/mol. The Morgan fingerprint density at radius 3 is 2.47 bits per heavy atom. The number of amides is 1. The lowest BCUT2D eigenvalue weighted by Gasteiger charge is -2.11. The van der Waals surface area contributed by atoms with Crippen LogP contribution in [0.25, 0.3) is 0 Å². The molecule has 0 radical (unpaired) electrons. The van der Waals surface area contributed by atoms with E-state index in [9.17, 15) is 4.79 Å². The molecule has 0 saturated carbocycles. The van der Waals surface area contributed by atoms with Crippen LogP contribution in [-0.2, 0) is 4.79 Å². The van der Waals surface area contributed by atoms with Gasteiger partial charge in [-0.3, -0.25) is 4.79 Å². The van der Waals surface area contributed by atoms with Crippen molar-refractivity contribution in [1.82, 2.24) is 4.98 Å². The molecule has 0 fully saturated rings. The molecule has 4 nitrogen and oxygen atoms in total. The van der Waals surface area contributed by atoms with Crippen molar-refractivity contribution < 1.29 is 4.79 Å². The van der Waals surface area contributed by atoms with Crippen LogP contribution in [0, 0.1) is 0 Å². The van der Waals surface area contributed by atoms with Crippen LogP contribution in [0.4, 0.5) is 5.82 Å². The van der Waals surface area contributed by atoms with Gasteiger partial charge in [0, 0.05) is 6.20 Å². The lowest BCUT2D eigenvalue weighted by Crippen LogP contribution is -2.27. The molecule has 17 heavy (non-hydrogen) atoms. The Morgan fingerprint density at radius 1 is 1.12 bits per heavy atom. The molecule has 1 aromatic heterocycles. The quantitative estimate of drug-likeness (QED) is 0.838. The van der Waals surface area contributed by atoms with Gasteiger partial charge in [0.1, 0.15) is 11.9 Å². The number of hydrogen-bond acceptors (Lipinski definition) is 3. The first kappa shape index (κ1) is 11.3. The molecule has 0 spiro atoms. The number of anilines is 1. The van der Waals surface area contributed by atoms with E-state index in [2.05, 4.69) is 10.3 Å². The van der Waals surface area contributed by atoms with E-state index < -0.39 is 6.04 Å². The monoisotopic (exact) mass is 227 g/mol. The van der Waals surface area contributed by atoms with Gasteiger partial charge in [-0.05, 0) is 17.7 Å². The fourth-order valence-corrected chi connectivity index (χ4v) is 1.45. The third-order valence-corrected chi connectivity index (χ3v) is 2.36. The summed E-state index contributed by atoms with van der Waals surface area (Å²) in [6.07, 6.45) is 1.61. The Kier molecular flexibility index (Phi) is 3.47. The van der Waals surface area contributed by atoms with E-state index in [0.717, 1.165) is 5.56 Å². The predicted octanol–water partition coefficient (Wildman–Crippen LogP) is 1.72. The number of nitrogens with two attached hydrogens (primary N) is 1.